The number of fused-ring (bicyclic) bond motifs is 5. The summed E-state index contributed by atoms with van der Waals surface area (Å²) in [6, 6.07) is 0. The molecule has 0 unspecified atom stereocenters. The van der Waals surface area contributed by atoms with Gasteiger partial charge in [-0.3, -0.25) is 0 Å². The van der Waals surface area contributed by atoms with E-state index < -0.39 is 0 Å². The van der Waals surface area contributed by atoms with Crippen LogP contribution < -0.4 is 0 Å². The molecule has 0 heterocycles. The molecular formula is C29H50O2. The Kier molecular flexibility index (Phi) is 6.75. The van der Waals surface area contributed by atoms with Crippen molar-refractivity contribution in [3.63, 3.8) is 0 Å². The monoisotopic (exact) mass is 430 g/mol. The van der Waals surface area contributed by atoms with Crippen LogP contribution in [0.25, 0.3) is 0 Å². The number of hydrogen-bond donors (Lipinski definition) is 1. The molecule has 10 atom stereocenters. The van der Waals surface area contributed by atoms with Gasteiger partial charge in [0.05, 0.1) is 12.2 Å². The molecule has 2 nitrogen and oxygen atoms in total. The Morgan fingerprint density at radius 2 is 1.74 bits per heavy atom. The molecular weight excluding hydrogens is 380 g/mol. The highest BCUT2D eigenvalue weighted by Crippen LogP contribution is 2.67. The van der Waals surface area contributed by atoms with Gasteiger partial charge < -0.3 is 9.84 Å². The summed E-state index contributed by atoms with van der Waals surface area (Å²) >= 11 is 0. The quantitative estimate of drug-likeness (QED) is 0.449. The first kappa shape index (κ1) is 23.8. The summed E-state index contributed by atoms with van der Waals surface area (Å²) < 4.78 is 6.19. The first-order valence-electron chi connectivity index (χ1n) is 13.5. The molecule has 178 valence electrons. The summed E-state index contributed by atoms with van der Waals surface area (Å²) in [6.07, 6.45) is 13.9. The van der Waals surface area contributed by atoms with Crippen LogP contribution in [-0.4, -0.2) is 24.4 Å². The van der Waals surface area contributed by atoms with Crippen molar-refractivity contribution >= 4 is 0 Å². The standard InChI is InChI=1S/C29H50O2/c1-18(2)19(3)8-9-20(4)23-10-11-24-27-25(13-15-29(23,24)6)28(5)14-12-22(30)16-21(28)17-26(27)31-7/h17-20,22-27,30H,8-16H2,1-7H3/t19-,20+,22-,23+,24-,25-,26+,27-,28-,29+/m0/s1. The molecule has 0 amide bonds. The van der Waals surface area contributed by atoms with Crippen LogP contribution in [-0.2, 0) is 4.74 Å². The van der Waals surface area contributed by atoms with Crippen molar-refractivity contribution in [1.29, 1.82) is 0 Å². The number of aliphatic hydroxyl groups is 1. The van der Waals surface area contributed by atoms with Gasteiger partial charge in [-0.2, -0.15) is 0 Å². The molecule has 1 N–H and O–H groups in total. The highest BCUT2D eigenvalue weighted by atomic mass is 16.5. The number of aliphatic hydroxyl groups excluding tert-OH is 1. The molecule has 0 aromatic heterocycles. The molecule has 4 aliphatic carbocycles. The molecule has 4 aliphatic rings. The van der Waals surface area contributed by atoms with Crippen molar-refractivity contribution in [2.24, 2.45) is 52.3 Å². The topological polar surface area (TPSA) is 29.5 Å². The third-order valence-corrected chi connectivity index (χ3v) is 11.3. The van der Waals surface area contributed by atoms with Gasteiger partial charge in [0.2, 0.25) is 0 Å². The van der Waals surface area contributed by atoms with Crippen LogP contribution >= 0.6 is 0 Å². The smallest absolute Gasteiger partial charge is 0.0788 e. The maximum absolute atomic E-state index is 10.3. The van der Waals surface area contributed by atoms with E-state index in [0.29, 0.717) is 11.3 Å². The van der Waals surface area contributed by atoms with Gasteiger partial charge in [0.25, 0.3) is 0 Å². The van der Waals surface area contributed by atoms with E-state index in [1.165, 1.54) is 44.1 Å². The Labute approximate surface area is 192 Å². The van der Waals surface area contributed by atoms with E-state index in [-0.39, 0.29) is 17.6 Å². The third-order valence-electron chi connectivity index (χ3n) is 11.3. The number of rotatable bonds is 6. The molecule has 0 aromatic rings. The molecule has 0 bridgehead atoms. The summed E-state index contributed by atoms with van der Waals surface area (Å²) in [5.41, 5.74) is 2.28. The molecule has 0 aromatic carbocycles. The minimum Gasteiger partial charge on any atom is -0.393 e. The van der Waals surface area contributed by atoms with Gasteiger partial charge >= 0.3 is 0 Å². The van der Waals surface area contributed by atoms with Crippen LogP contribution in [0.1, 0.15) is 99.3 Å². The van der Waals surface area contributed by atoms with Gasteiger partial charge in [-0.05, 0) is 97.2 Å². The zero-order valence-corrected chi connectivity index (χ0v) is 21.5. The molecule has 31 heavy (non-hydrogen) atoms. The summed E-state index contributed by atoms with van der Waals surface area (Å²) in [6.45, 7) is 15.0. The minimum atomic E-state index is -0.146. The predicted octanol–water partition coefficient (Wildman–Crippen LogP) is 7.26. The van der Waals surface area contributed by atoms with Gasteiger partial charge in [0.1, 0.15) is 0 Å². The van der Waals surface area contributed by atoms with Gasteiger partial charge in [-0.15, -0.1) is 0 Å². The minimum absolute atomic E-state index is 0.146. The molecule has 0 aliphatic heterocycles. The number of hydrogen-bond acceptors (Lipinski definition) is 2. The Morgan fingerprint density at radius 3 is 2.42 bits per heavy atom. The fourth-order valence-corrected chi connectivity index (χ4v) is 8.86. The summed E-state index contributed by atoms with van der Waals surface area (Å²) in [4.78, 5) is 0. The maximum Gasteiger partial charge on any atom is 0.0788 e. The fourth-order valence-electron chi connectivity index (χ4n) is 8.86. The van der Waals surface area contributed by atoms with E-state index in [2.05, 4.69) is 47.6 Å². The van der Waals surface area contributed by atoms with E-state index in [1.54, 1.807) is 0 Å². The van der Waals surface area contributed by atoms with Crippen LogP contribution in [0.2, 0.25) is 0 Å². The van der Waals surface area contributed by atoms with Gasteiger partial charge in [-0.25, -0.2) is 0 Å². The molecule has 2 heteroatoms. The molecule has 0 saturated heterocycles. The average molecular weight is 431 g/mol. The Balaban J connectivity index is 1.56. The van der Waals surface area contributed by atoms with Gasteiger partial charge in [-0.1, -0.05) is 66.0 Å². The van der Waals surface area contributed by atoms with Crippen LogP contribution in [0.4, 0.5) is 0 Å². The molecule has 4 rings (SSSR count). The first-order chi connectivity index (χ1) is 14.6. The van der Waals surface area contributed by atoms with Crippen LogP contribution in [0, 0.1) is 52.3 Å². The van der Waals surface area contributed by atoms with E-state index in [9.17, 15) is 5.11 Å². The van der Waals surface area contributed by atoms with Crippen LogP contribution in [0.3, 0.4) is 0 Å². The van der Waals surface area contributed by atoms with Crippen molar-refractivity contribution in [2.75, 3.05) is 7.11 Å². The molecule has 0 radical (unpaired) electrons. The van der Waals surface area contributed by atoms with E-state index in [0.717, 1.165) is 54.8 Å². The van der Waals surface area contributed by atoms with E-state index >= 15 is 0 Å². The highest BCUT2D eigenvalue weighted by molar-refractivity contribution is 5.28. The third kappa shape index (κ3) is 3.96. The van der Waals surface area contributed by atoms with Crippen molar-refractivity contribution in [3.8, 4) is 0 Å². The largest absolute Gasteiger partial charge is 0.393 e. The fraction of sp³-hybridized carbons (Fsp3) is 0.931. The summed E-state index contributed by atoms with van der Waals surface area (Å²) in [7, 11) is 1.93. The lowest BCUT2D eigenvalue weighted by molar-refractivity contribution is -0.106. The summed E-state index contributed by atoms with van der Waals surface area (Å²) in [5.74, 6) is 5.55. The normalized spacial score (nSPS) is 46.7. The second kappa shape index (κ2) is 8.79. The highest BCUT2D eigenvalue weighted by Gasteiger charge is 2.61. The second-order valence-corrected chi connectivity index (χ2v) is 13.0. The van der Waals surface area contributed by atoms with Crippen molar-refractivity contribution in [1.82, 2.24) is 0 Å². The molecule has 3 fully saturated rings. The van der Waals surface area contributed by atoms with E-state index in [4.69, 9.17) is 4.74 Å². The predicted molar refractivity (Wildman–Crippen MR) is 130 cm³/mol. The Morgan fingerprint density at radius 1 is 1.00 bits per heavy atom. The van der Waals surface area contributed by atoms with Crippen LogP contribution in [0.15, 0.2) is 11.6 Å². The Hall–Kier alpha value is -0.340. The maximum atomic E-state index is 10.3. The van der Waals surface area contributed by atoms with Crippen molar-refractivity contribution < 1.29 is 9.84 Å². The Bertz CT molecular complexity index is 668. The lowest BCUT2D eigenvalue weighted by atomic mass is 9.46. The van der Waals surface area contributed by atoms with Gasteiger partial charge in [0.15, 0.2) is 0 Å². The van der Waals surface area contributed by atoms with Gasteiger partial charge in [0, 0.05) is 7.11 Å². The lowest BCUT2D eigenvalue weighted by Gasteiger charge is -2.60. The second-order valence-electron chi connectivity index (χ2n) is 13.0. The zero-order valence-electron chi connectivity index (χ0n) is 21.5. The lowest BCUT2D eigenvalue weighted by Crippen LogP contribution is -2.55. The average Bonchev–Trinajstić information content (AvgIpc) is 3.09. The number of ether oxygens (including phenoxy) is 1. The molecule has 0 spiro atoms. The number of methoxy groups -OCH3 is 1. The van der Waals surface area contributed by atoms with E-state index in [1.807, 2.05) is 7.11 Å². The first-order valence-corrected chi connectivity index (χ1v) is 13.5. The van der Waals surface area contributed by atoms with Crippen molar-refractivity contribution in [2.45, 2.75) is 112 Å². The zero-order chi connectivity index (χ0) is 22.6. The molecule has 3 saturated carbocycles. The van der Waals surface area contributed by atoms with Crippen LogP contribution in [0.5, 0.6) is 0 Å². The summed E-state index contributed by atoms with van der Waals surface area (Å²) in [5, 5.41) is 10.3. The SMILES string of the molecule is CO[C@@H]1C=C2C[C@@H](O)CC[C@]2(C)[C@H]2CC[C@]3(C)[C@@H]([C@H](C)CC[C@H](C)C(C)C)CC[C@H]3[C@H]12. The van der Waals surface area contributed by atoms with Crippen molar-refractivity contribution in [3.05, 3.63) is 11.6 Å².